The minimum absolute atomic E-state index is 0.869. The Kier molecular flexibility index (Phi) is 3.11. The first kappa shape index (κ1) is 14.2. The van der Waals surface area contributed by atoms with Gasteiger partial charge in [-0.3, -0.25) is 19.4 Å². The third-order valence-corrected chi connectivity index (χ3v) is 4.89. The van der Waals surface area contributed by atoms with Gasteiger partial charge in [-0.15, -0.1) is 11.3 Å². The van der Waals surface area contributed by atoms with Crippen LogP contribution in [0, 0.1) is 6.92 Å². The molecule has 120 valence electrons. The summed E-state index contributed by atoms with van der Waals surface area (Å²) in [5, 5.41) is 2.04. The standard InChI is InChI=1S/C19H13N5S/c1-12-3-2-4-15(22-12)17-18(24-9-10-25-19(24)23-17)13-5-6-14-16(11-13)21-8-7-20-14/h2-11H,1H3. The summed E-state index contributed by atoms with van der Waals surface area (Å²) in [6, 6.07) is 12.1. The lowest BCUT2D eigenvalue weighted by atomic mass is 10.1. The molecule has 0 fully saturated rings. The van der Waals surface area contributed by atoms with Gasteiger partial charge in [0.1, 0.15) is 5.69 Å². The Labute approximate surface area is 147 Å². The highest BCUT2D eigenvalue weighted by Gasteiger charge is 2.18. The first-order valence-corrected chi connectivity index (χ1v) is 8.78. The van der Waals surface area contributed by atoms with Crippen LogP contribution in [-0.4, -0.2) is 24.3 Å². The molecular weight excluding hydrogens is 330 g/mol. The monoisotopic (exact) mass is 343 g/mol. The molecule has 0 radical (unpaired) electrons. The van der Waals surface area contributed by atoms with Gasteiger partial charge in [-0.2, -0.15) is 0 Å². The van der Waals surface area contributed by atoms with Crippen LogP contribution in [0.5, 0.6) is 0 Å². The number of hydrogen-bond donors (Lipinski definition) is 0. The second-order valence-electron chi connectivity index (χ2n) is 5.79. The molecule has 0 unspecified atom stereocenters. The van der Waals surface area contributed by atoms with Crippen molar-refractivity contribution in [1.82, 2.24) is 24.3 Å². The summed E-state index contributed by atoms with van der Waals surface area (Å²) < 4.78 is 2.11. The number of hydrogen-bond acceptors (Lipinski definition) is 5. The molecule has 0 saturated heterocycles. The molecule has 1 aromatic carbocycles. The molecule has 0 aliphatic heterocycles. The Bertz CT molecular complexity index is 1220. The van der Waals surface area contributed by atoms with Gasteiger partial charge in [0.2, 0.25) is 0 Å². The largest absolute Gasteiger partial charge is 0.290 e. The van der Waals surface area contributed by atoms with Gasteiger partial charge in [-0.1, -0.05) is 12.1 Å². The lowest BCUT2D eigenvalue weighted by Gasteiger charge is -2.06. The number of aryl methyl sites for hydroxylation is 1. The predicted octanol–water partition coefficient (Wildman–Crippen LogP) is 4.38. The molecule has 4 aromatic heterocycles. The van der Waals surface area contributed by atoms with E-state index in [9.17, 15) is 0 Å². The molecule has 0 aliphatic rings. The van der Waals surface area contributed by atoms with E-state index in [1.165, 1.54) is 0 Å². The minimum Gasteiger partial charge on any atom is -0.290 e. The molecule has 5 rings (SSSR count). The van der Waals surface area contributed by atoms with E-state index in [2.05, 4.69) is 31.5 Å². The molecule has 0 bridgehead atoms. The number of aromatic nitrogens is 5. The third-order valence-electron chi connectivity index (χ3n) is 4.14. The number of imidazole rings is 1. The summed E-state index contributed by atoms with van der Waals surface area (Å²) in [6.07, 6.45) is 5.47. The van der Waals surface area contributed by atoms with Crippen molar-refractivity contribution in [1.29, 1.82) is 0 Å². The van der Waals surface area contributed by atoms with Gasteiger partial charge in [-0.05, 0) is 31.2 Å². The van der Waals surface area contributed by atoms with E-state index in [4.69, 9.17) is 4.98 Å². The fraction of sp³-hybridized carbons (Fsp3) is 0.0526. The van der Waals surface area contributed by atoms with Crippen molar-refractivity contribution in [2.45, 2.75) is 6.92 Å². The van der Waals surface area contributed by atoms with E-state index in [1.54, 1.807) is 23.7 Å². The number of pyridine rings is 1. The molecule has 4 heterocycles. The Morgan fingerprint density at radius 2 is 1.84 bits per heavy atom. The lowest BCUT2D eigenvalue weighted by molar-refractivity contribution is 1.19. The molecule has 0 N–H and O–H groups in total. The number of rotatable bonds is 2. The summed E-state index contributed by atoms with van der Waals surface area (Å²) in [5.41, 5.74) is 6.58. The van der Waals surface area contributed by atoms with E-state index >= 15 is 0 Å². The highest BCUT2D eigenvalue weighted by atomic mass is 32.1. The van der Waals surface area contributed by atoms with E-state index in [0.29, 0.717) is 0 Å². The smallest absolute Gasteiger partial charge is 0.194 e. The molecule has 6 heteroatoms. The van der Waals surface area contributed by atoms with E-state index < -0.39 is 0 Å². The van der Waals surface area contributed by atoms with Gasteiger partial charge in [0.25, 0.3) is 0 Å². The number of thiazole rings is 1. The quantitative estimate of drug-likeness (QED) is 0.477. The topological polar surface area (TPSA) is 56.0 Å². The Morgan fingerprint density at radius 1 is 0.960 bits per heavy atom. The molecule has 0 spiro atoms. The van der Waals surface area contributed by atoms with E-state index in [0.717, 1.165) is 44.3 Å². The number of fused-ring (bicyclic) bond motifs is 2. The number of nitrogens with zero attached hydrogens (tertiary/aromatic N) is 5. The molecule has 5 nitrogen and oxygen atoms in total. The summed E-state index contributed by atoms with van der Waals surface area (Å²) in [5.74, 6) is 0. The van der Waals surface area contributed by atoms with Crippen LogP contribution < -0.4 is 0 Å². The van der Waals surface area contributed by atoms with Crippen LogP contribution in [0.1, 0.15) is 5.69 Å². The molecule has 25 heavy (non-hydrogen) atoms. The summed E-state index contributed by atoms with van der Waals surface area (Å²) in [7, 11) is 0. The van der Waals surface area contributed by atoms with Crippen molar-refractivity contribution < 1.29 is 0 Å². The fourth-order valence-electron chi connectivity index (χ4n) is 3.03. The summed E-state index contributed by atoms with van der Waals surface area (Å²) in [6.45, 7) is 1.99. The van der Waals surface area contributed by atoms with Crippen LogP contribution >= 0.6 is 11.3 Å². The Hall–Kier alpha value is -3.12. The predicted molar refractivity (Wildman–Crippen MR) is 99.6 cm³/mol. The van der Waals surface area contributed by atoms with Crippen molar-refractivity contribution in [3.63, 3.8) is 0 Å². The summed E-state index contributed by atoms with van der Waals surface area (Å²) >= 11 is 1.62. The third kappa shape index (κ3) is 2.30. The zero-order valence-corrected chi connectivity index (χ0v) is 14.2. The van der Waals surface area contributed by atoms with Crippen molar-refractivity contribution in [2.24, 2.45) is 0 Å². The number of benzene rings is 1. The van der Waals surface area contributed by atoms with Crippen molar-refractivity contribution in [3.8, 4) is 22.6 Å². The molecule has 0 atom stereocenters. The Balaban J connectivity index is 1.81. The SMILES string of the molecule is Cc1cccc(-c2nc3sccn3c2-c2ccc3nccnc3c2)n1. The molecule has 0 saturated carbocycles. The van der Waals surface area contributed by atoms with E-state index in [1.807, 2.05) is 42.8 Å². The van der Waals surface area contributed by atoms with Crippen LogP contribution in [0.4, 0.5) is 0 Å². The average molecular weight is 343 g/mol. The van der Waals surface area contributed by atoms with Crippen LogP contribution in [0.25, 0.3) is 38.6 Å². The molecule has 0 aliphatic carbocycles. The minimum atomic E-state index is 0.869. The second-order valence-corrected chi connectivity index (χ2v) is 6.66. The zero-order chi connectivity index (χ0) is 16.8. The maximum Gasteiger partial charge on any atom is 0.194 e. The zero-order valence-electron chi connectivity index (χ0n) is 13.4. The second kappa shape index (κ2) is 5.46. The first-order valence-electron chi connectivity index (χ1n) is 7.90. The van der Waals surface area contributed by atoms with Crippen LogP contribution in [-0.2, 0) is 0 Å². The first-order chi connectivity index (χ1) is 12.3. The highest BCUT2D eigenvalue weighted by molar-refractivity contribution is 7.15. The van der Waals surface area contributed by atoms with Crippen molar-refractivity contribution >= 4 is 27.3 Å². The molecule has 0 amide bonds. The van der Waals surface area contributed by atoms with Gasteiger partial charge < -0.3 is 0 Å². The van der Waals surface area contributed by atoms with E-state index in [-0.39, 0.29) is 0 Å². The average Bonchev–Trinajstić information content (AvgIpc) is 3.22. The van der Waals surface area contributed by atoms with Gasteiger partial charge in [0.05, 0.1) is 22.4 Å². The van der Waals surface area contributed by atoms with Crippen molar-refractivity contribution in [3.05, 3.63) is 66.1 Å². The Morgan fingerprint density at radius 3 is 2.72 bits per heavy atom. The summed E-state index contributed by atoms with van der Waals surface area (Å²) in [4.78, 5) is 19.2. The lowest BCUT2D eigenvalue weighted by Crippen LogP contribution is -1.92. The highest BCUT2D eigenvalue weighted by Crippen LogP contribution is 2.34. The van der Waals surface area contributed by atoms with Gasteiger partial charge in [0.15, 0.2) is 4.96 Å². The van der Waals surface area contributed by atoms with Crippen LogP contribution in [0.2, 0.25) is 0 Å². The molecule has 5 aromatic rings. The van der Waals surface area contributed by atoms with Crippen molar-refractivity contribution in [2.75, 3.05) is 0 Å². The normalized spacial score (nSPS) is 11.4. The van der Waals surface area contributed by atoms with Gasteiger partial charge >= 0.3 is 0 Å². The maximum absolute atomic E-state index is 4.82. The van der Waals surface area contributed by atoms with Crippen LogP contribution in [0.3, 0.4) is 0 Å². The van der Waals surface area contributed by atoms with Crippen LogP contribution in [0.15, 0.2) is 60.4 Å². The fourth-order valence-corrected chi connectivity index (χ4v) is 3.74. The molecular formula is C19H13N5S. The maximum atomic E-state index is 4.82. The van der Waals surface area contributed by atoms with Gasteiger partial charge in [-0.25, -0.2) is 4.98 Å². The van der Waals surface area contributed by atoms with Gasteiger partial charge in [0, 0.05) is 35.2 Å².